The van der Waals surface area contributed by atoms with E-state index in [1.54, 1.807) is 7.05 Å². The van der Waals surface area contributed by atoms with Crippen LogP contribution in [0.2, 0.25) is 0 Å². The fourth-order valence-electron chi connectivity index (χ4n) is 2.63. The molecular weight excluding hydrogens is 310 g/mol. The molecule has 134 valence electrons. The van der Waals surface area contributed by atoms with E-state index in [1.807, 2.05) is 19.1 Å². The zero-order valence-corrected chi connectivity index (χ0v) is 15.5. The number of nitrogens with zero attached hydrogens (tertiary/aromatic N) is 1. The van der Waals surface area contributed by atoms with Gasteiger partial charge in [0, 0.05) is 26.7 Å². The van der Waals surface area contributed by atoms with Gasteiger partial charge < -0.3 is 15.4 Å². The second-order valence-electron chi connectivity index (χ2n) is 6.02. The van der Waals surface area contributed by atoms with Crippen molar-refractivity contribution in [2.45, 2.75) is 32.9 Å². The summed E-state index contributed by atoms with van der Waals surface area (Å²) in [6.07, 6.45) is 0. The second-order valence-corrected chi connectivity index (χ2v) is 6.02. The van der Waals surface area contributed by atoms with Gasteiger partial charge in [-0.3, -0.25) is 4.99 Å². The summed E-state index contributed by atoms with van der Waals surface area (Å²) < 4.78 is 5.55. The van der Waals surface area contributed by atoms with E-state index in [2.05, 4.69) is 65.0 Å². The summed E-state index contributed by atoms with van der Waals surface area (Å²) in [5, 5.41) is 6.80. The van der Waals surface area contributed by atoms with Crippen LogP contribution in [0, 0.1) is 0 Å². The number of guanidine groups is 1. The summed E-state index contributed by atoms with van der Waals surface area (Å²) in [5.41, 5.74) is 3.77. The van der Waals surface area contributed by atoms with Gasteiger partial charge in [0.25, 0.3) is 0 Å². The summed E-state index contributed by atoms with van der Waals surface area (Å²) in [6, 6.07) is 18.9. The van der Waals surface area contributed by atoms with Gasteiger partial charge in [0.05, 0.1) is 6.61 Å². The van der Waals surface area contributed by atoms with Gasteiger partial charge in [-0.25, -0.2) is 0 Å². The quantitative estimate of drug-likeness (QED) is 0.569. The summed E-state index contributed by atoms with van der Waals surface area (Å²) in [5.74, 6) is 1.24. The molecule has 0 radical (unpaired) electrons. The van der Waals surface area contributed by atoms with E-state index in [-0.39, 0.29) is 0 Å². The molecule has 4 nitrogen and oxygen atoms in total. The van der Waals surface area contributed by atoms with E-state index < -0.39 is 0 Å². The lowest BCUT2D eigenvalue weighted by Gasteiger charge is -2.17. The smallest absolute Gasteiger partial charge is 0.191 e. The third kappa shape index (κ3) is 6.24. The number of hydrogen-bond donors (Lipinski definition) is 2. The molecule has 0 aromatic heterocycles. The lowest BCUT2D eigenvalue weighted by molar-refractivity contribution is 0.133. The number of rotatable bonds is 8. The largest absolute Gasteiger partial charge is 0.377 e. The Bertz CT molecular complexity index is 655. The van der Waals surface area contributed by atoms with Crippen molar-refractivity contribution >= 4 is 5.96 Å². The van der Waals surface area contributed by atoms with Crippen LogP contribution in [-0.2, 0) is 17.9 Å². The first-order valence-electron chi connectivity index (χ1n) is 8.88. The molecule has 0 fully saturated rings. The van der Waals surface area contributed by atoms with Gasteiger partial charge in [0.15, 0.2) is 5.96 Å². The monoisotopic (exact) mass is 339 g/mol. The summed E-state index contributed by atoms with van der Waals surface area (Å²) in [6.45, 7) is 7.16. The average Bonchev–Trinajstić information content (AvgIpc) is 2.67. The minimum Gasteiger partial charge on any atom is -0.377 e. The molecular formula is C21H29N3O. The van der Waals surface area contributed by atoms with E-state index in [9.17, 15) is 0 Å². The lowest BCUT2D eigenvalue weighted by Crippen LogP contribution is -2.38. The molecule has 0 amide bonds. The van der Waals surface area contributed by atoms with Crippen molar-refractivity contribution in [3.63, 3.8) is 0 Å². The molecule has 1 atom stereocenters. The molecule has 0 aliphatic rings. The van der Waals surface area contributed by atoms with Crippen LogP contribution in [0.5, 0.6) is 0 Å². The Morgan fingerprint density at radius 2 is 1.68 bits per heavy atom. The first-order chi connectivity index (χ1) is 12.2. The minimum atomic E-state index is 0.421. The molecule has 0 saturated carbocycles. The van der Waals surface area contributed by atoms with Gasteiger partial charge in [0.2, 0.25) is 0 Å². The van der Waals surface area contributed by atoms with Crippen LogP contribution in [0.3, 0.4) is 0 Å². The van der Waals surface area contributed by atoms with Crippen LogP contribution in [-0.4, -0.2) is 26.2 Å². The first kappa shape index (κ1) is 19.0. The third-order valence-corrected chi connectivity index (χ3v) is 4.19. The lowest BCUT2D eigenvalue weighted by atomic mass is 10.0. The third-order valence-electron chi connectivity index (χ3n) is 4.19. The second kappa shape index (κ2) is 10.5. The van der Waals surface area contributed by atoms with Crippen molar-refractivity contribution in [1.82, 2.24) is 10.6 Å². The summed E-state index contributed by atoms with van der Waals surface area (Å²) in [7, 11) is 1.80. The molecule has 0 aliphatic heterocycles. The van der Waals surface area contributed by atoms with Gasteiger partial charge in [-0.05, 0) is 29.5 Å². The molecule has 25 heavy (non-hydrogen) atoms. The van der Waals surface area contributed by atoms with Crippen molar-refractivity contribution in [2.24, 2.45) is 4.99 Å². The highest BCUT2D eigenvalue weighted by atomic mass is 16.5. The predicted molar refractivity (Wildman–Crippen MR) is 105 cm³/mol. The van der Waals surface area contributed by atoms with Gasteiger partial charge in [-0.15, -0.1) is 0 Å². The zero-order chi connectivity index (χ0) is 17.9. The Labute approximate surface area is 151 Å². The highest BCUT2D eigenvalue weighted by Crippen LogP contribution is 2.13. The zero-order valence-electron chi connectivity index (χ0n) is 15.5. The van der Waals surface area contributed by atoms with E-state index in [1.165, 1.54) is 16.7 Å². The summed E-state index contributed by atoms with van der Waals surface area (Å²) in [4.78, 5) is 4.32. The van der Waals surface area contributed by atoms with Crippen molar-refractivity contribution in [2.75, 3.05) is 20.2 Å². The molecule has 2 rings (SSSR count). The standard InChI is InChI=1S/C21H29N3O/c1-4-25-16-20-13-9-8-12-19(20)15-24-21(22-3)23-14-17(2)18-10-6-5-7-11-18/h5-13,17H,4,14-16H2,1-3H3,(H2,22,23,24). The van der Waals surface area contributed by atoms with Crippen molar-refractivity contribution in [1.29, 1.82) is 0 Å². The molecule has 0 saturated heterocycles. The fourth-order valence-corrected chi connectivity index (χ4v) is 2.63. The SMILES string of the molecule is CCOCc1ccccc1CNC(=NC)NCC(C)c1ccccc1. The van der Waals surface area contributed by atoms with E-state index in [4.69, 9.17) is 4.74 Å². The van der Waals surface area contributed by atoms with Crippen LogP contribution < -0.4 is 10.6 Å². The van der Waals surface area contributed by atoms with E-state index >= 15 is 0 Å². The molecule has 0 bridgehead atoms. The molecule has 2 aromatic carbocycles. The van der Waals surface area contributed by atoms with E-state index in [0.29, 0.717) is 12.5 Å². The van der Waals surface area contributed by atoms with Crippen LogP contribution >= 0.6 is 0 Å². The van der Waals surface area contributed by atoms with Gasteiger partial charge >= 0.3 is 0 Å². The van der Waals surface area contributed by atoms with Crippen molar-refractivity contribution in [3.05, 3.63) is 71.3 Å². The Morgan fingerprint density at radius 3 is 2.36 bits per heavy atom. The highest BCUT2D eigenvalue weighted by molar-refractivity contribution is 5.79. The number of ether oxygens (including phenoxy) is 1. The molecule has 4 heteroatoms. The Morgan fingerprint density at radius 1 is 1.00 bits per heavy atom. The fraction of sp³-hybridized carbons (Fsp3) is 0.381. The van der Waals surface area contributed by atoms with Crippen LogP contribution in [0.4, 0.5) is 0 Å². The maximum atomic E-state index is 5.55. The van der Waals surface area contributed by atoms with E-state index in [0.717, 1.165) is 25.7 Å². The number of nitrogens with one attached hydrogen (secondary N) is 2. The Hall–Kier alpha value is -2.33. The Balaban J connectivity index is 1.86. The number of benzene rings is 2. The molecule has 2 aromatic rings. The maximum Gasteiger partial charge on any atom is 0.191 e. The first-order valence-corrected chi connectivity index (χ1v) is 8.88. The van der Waals surface area contributed by atoms with Crippen molar-refractivity contribution in [3.8, 4) is 0 Å². The number of hydrogen-bond acceptors (Lipinski definition) is 2. The maximum absolute atomic E-state index is 5.55. The minimum absolute atomic E-state index is 0.421. The summed E-state index contributed by atoms with van der Waals surface area (Å²) >= 11 is 0. The van der Waals surface area contributed by atoms with Crippen LogP contribution in [0.15, 0.2) is 59.6 Å². The predicted octanol–water partition coefficient (Wildman–Crippen LogP) is 3.69. The molecule has 0 aliphatic carbocycles. The number of aliphatic imine (C=N–C) groups is 1. The molecule has 2 N–H and O–H groups in total. The van der Waals surface area contributed by atoms with Gasteiger partial charge in [-0.1, -0.05) is 61.5 Å². The molecule has 0 spiro atoms. The van der Waals surface area contributed by atoms with Crippen molar-refractivity contribution < 1.29 is 4.74 Å². The highest BCUT2D eigenvalue weighted by Gasteiger charge is 2.07. The topological polar surface area (TPSA) is 45.6 Å². The molecule has 0 heterocycles. The molecule has 1 unspecified atom stereocenters. The average molecular weight is 339 g/mol. The normalized spacial score (nSPS) is 12.7. The van der Waals surface area contributed by atoms with Gasteiger partial charge in [0.1, 0.15) is 0 Å². The Kier molecular flexibility index (Phi) is 7.99. The van der Waals surface area contributed by atoms with Crippen LogP contribution in [0.1, 0.15) is 36.5 Å². The van der Waals surface area contributed by atoms with Gasteiger partial charge in [-0.2, -0.15) is 0 Å². The van der Waals surface area contributed by atoms with Crippen LogP contribution in [0.25, 0.3) is 0 Å².